The van der Waals surface area contributed by atoms with Crippen LogP contribution in [0.2, 0.25) is 0 Å². The largest absolute Gasteiger partial charge is 0.478 e. The normalized spacial score (nSPS) is 40.8. The van der Waals surface area contributed by atoms with E-state index in [-0.39, 0.29) is 33.0 Å². The van der Waals surface area contributed by atoms with Gasteiger partial charge in [0, 0.05) is 45.7 Å². The van der Waals surface area contributed by atoms with Crippen LogP contribution in [0.15, 0.2) is 42.5 Å². The third-order valence-electron chi connectivity index (χ3n) is 16.8. The van der Waals surface area contributed by atoms with Gasteiger partial charge in [-0.3, -0.25) is 4.79 Å². The lowest BCUT2D eigenvalue weighted by Crippen LogP contribution is -2.66. The Morgan fingerprint density at radius 3 is 2.32 bits per heavy atom. The van der Waals surface area contributed by atoms with Gasteiger partial charge in [0.15, 0.2) is 0 Å². The van der Waals surface area contributed by atoms with Crippen LogP contribution in [0, 0.1) is 56.7 Å². The highest BCUT2D eigenvalue weighted by atomic mass is 16.4. The summed E-state index contributed by atoms with van der Waals surface area (Å²) in [6.45, 7) is 25.7. The predicted molar refractivity (Wildman–Crippen MR) is 203 cm³/mol. The summed E-state index contributed by atoms with van der Waals surface area (Å²) in [7, 11) is 0. The Hall–Kier alpha value is -2.44. The summed E-state index contributed by atoms with van der Waals surface area (Å²) < 4.78 is 0. The van der Waals surface area contributed by atoms with Crippen molar-refractivity contribution in [3.8, 4) is 0 Å². The average Bonchev–Trinajstić information content (AvgIpc) is 3.47. The number of piperazine rings is 1. The summed E-state index contributed by atoms with van der Waals surface area (Å²) in [6, 6.07) is 7.60. The monoisotopic (exact) mass is 684 g/mol. The molecule has 9 unspecified atom stereocenters. The number of carboxylic acid groups (broad SMARTS) is 1. The number of aromatic carboxylic acids is 1. The summed E-state index contributed by atoms with van der Waals surface area (Å²) in [5.74, 6) is 2.43. The van der Waals surface area contributed by atoms with E-state index in [4.69, 9.17) is 0 Å². The van der Waals surface area contributed by atoms with Gasteiger partial charge in [0.25, 0.3) is 0 Å². The van der Waals surface area contributed by atoms with E-state index in [1.54, 1.807) is 12.1 Å². The van der Waals surface area contributed by atoms with Crippen molar-refractivity contribution in [2.75, 3.05) is 39.3 Å². The van der Waals surface area contributed by atoms with Gasteiger partial charge in [-0.15, -0.1) is 0 Å². The maximum absolute atomic E-state index is 13.3. The highest BCUT2D eigenvalue weighted by Gasteiger charge is 2.70. The van der Waals surface area contributed by atoms with Gasteiger partial charge in [-0.05, 0) is 145 Å². The van der Waals surface area contributed by atoms with Crippen LogP contribution in [0.1, 0.15) is 122 Å². The van der Waals surface area contributed by atoms with Crippen LogP contribution in [0.4, 0.5) is 0 Å². The van der Waals surface area contributed by atoms with Crippen molar-refractivity contribution in [2.24, 2.45) is 56.7 Å². The number of fused-ring (bicyclic) bond motifs is 7. The maximum atomic E-state index is 13.3. The summed E-state index contributed by atoms with van der Waals surface area (Å²) in [5, 5.41) is 16.4. The van der Waals surface area contributed by atoms with Crippen molar-refractivity contribution in [3.63, 3.8) is 0 Å². The van der Waals surface area contributed by atoms with Crippen molar-refractivity contribution in [3.05, 3.63) is 53.6 Å². The first-order valence-electron chi connectivity index (χ1n) is 20.1. The fraction of sp³-hybridized carbons (Fsp3) is 0.727. The zero-order valence-electron chi connectivity index (χ0n) is 32.0. The number of nitrogens with zero attached hydrogens (tertiary/aromatic N) is 1. The second-order valence-corrected chi connectivity index (χ2v) is 19.1. The maximum Gasteiger partial charge on any atom is 0.335 e. The van der Waals surface area contributed by atoms with Crippen molar-refractivity contribution >= 4 is 17.4 Å². The van der Waals surface area contributed by atoms with Crippen molar-refractivity contribution in [1.29, 1.82) is 0 Å². The molecule has 1 aromatic carbocycles. The molecule has 1 heterocycles. The highest BCUT2D eigenvalue weighted by molar-refractivity contribution is 5.88. The van der Waals surface area contributed by atoms with E-state index in [2.05, 4.69) is 69.7 Å². The van der Waals surface area contributed by atoms with Crippen LogP contribution in [-0.4, -0.2) is 61.2 Å². The minimum atomic E-state index is -0.866. The molecule has 3 N–H and O–H groups in total. The first-order chi connectivity index (χ1) is 23.7. The minimum Gasteiger partial charge on any atom is -0.478 e. The molecule has 6 aliphatic rings. The van der Waals surface area contributed by atoms with Gasteiger partial charge in [-0.1, -0.05) is 65.0 Å². The molecule has 1 aromatic rings. The Balaban J connectivity index is 1.13. The van der Waals surface area contributed by atoms with Gasteiger partial charge in [0.05, 0.1) is 5.56 Å². The number of nitrogens with one attached hydrogen (secondary N) is 2. The van der Waals surface area contributed by atoms with Crippen LogP contribution in [0.3, 0.4) is 0 Å². The molecule has 0 aromatic heterocycles. The second kappa shape index (κ2) is 12.9. The van der Waals surface area contributed by atoms with E-state index in [0.717, 1.165) is 45.7 Å². The summed E-state index contributed by atoms with van der Waals surface area (Å²) in [6.07, 6.45) is 14.3. The summed E-state index contributed by atoms with van der Waals surface area (Å²) in [5.41, 5.74) is 5.25. The van der Waals surface area contributed by atoms with E-state index >= 15 is 0 Å². The number of hydrogen-bond donors (Lipinski definition) is 3. The Morgan fingerprint density at radius 1 is 0.920 bits per heavy atom. The molecule has 1 aliphatic heterocycles. The van der Waals surface area contributed by atoms with Crippen LogP contribution >= 0.6 is 0 Å². The van der Waals surface area contributed by atoms with Gasteiger partial charge in [0.2, 0.25) is 5.91 Å². The molecular formula is C44H65N3O3. The van der Waals surface area contributed by atoms with E-state index < -0.39 is 5.97 Å². The van der Waals surface area contributed by atoms with Crippen molar-refractivity contribution in [1.82, 2.24) is 15.5 Å². The molecule has 1 saturated heterocycles. The van der Waals surface area contributed by atoms with Gasteiger partial charge in [0.1, 0.15) is 0 Å². The Morgan fingerprint density at radius 2 is 1.64 bits per heavy atom. The summed E-state index contributed by atoms with van der Waals surface area (Å²) >= 11 is 0. The zero-order chi connectivity index (χ0) is 35.7. The van der Waals surface area contributed by atoms with Crippen LogP contribution in [0.25, 0.3) is 5.57 Å². The van der Waals surface area contributed by atoms with E-state index in [1.807, 2.05) is 12.1 Å². The number of allylic oxidation sites excluding steroid dienone is 3. The Kier molecular flexibility index (Phi) is 9.27. The number of amides is 1. The molecule has 0 spiro atoms. The fourth-order valence-corrected chi connectivity index (χ4v) is 14.0. The quantitative estimate of drug-likeness (QED) is 0.240. The molecule has 50 heavy (non-hydrogen) atoms. The average molecular weight is 684 g/mol. The van der Waals surface area contributed by atoms with Gasteiger partial charge in [-0.2, -0.15) is 0 Å². The molecule has 0 radical (unpaired) electrons. The lowest BCUT2D eigenvalue weighted by Gasteiger charge is -2.72. The molecule has 9 atom stereocenters. The number of hydrogen-bond acceptors (Lipinski definition) is 4. The Labute approximate surface area is 302 Å². The lowest BCUT2D eigenvalue weighted by atomic mass is 9.32. The van der Waals surface area contributed by atoms with Gasteiger partial charge < -0.3 is 20.6 Å². The zero-order valence-corrected chi connectivity index (χ0v) is 32.0. The number of carboxylic acids is 1. The predicted octanol–water partition coefficient (Wildman–Crippen LogP) is 8.45. The standard InChI is InChI=1S/C44H65N3O3/c1-29(2)32-14-20-44(28-46-37(48)17-25-47-26-23-45-24-27-47)22-21-42(6)34(38(32)44)12-13-36-41(5)18-15-33(30-8-10-31(11-9-30)39(49)50)40(3,4)35(41)16-19-43(36,42)7/h8-11,15,32,34-36,38,45H,1,12-14,16-28H2,2-7H3,(H,46,48)(H,49,50). The van der Waals surface area contributed by atoms with Crippen LogP contribution in [0.5, 0.6) is 0 Å². The molecule has 7 rings (SSSR count). The fourth-order valence-electron chi connectivity index (χ4n) is 14.0. The smallest absolute Gasteiger partial charge is 0.335 e. The molecule has 4 saturated carbocycles. The molecule has 0 bridgehead atoms. The van der Waals surface area contributed by atoms with Gasteiger partial charge >= 0.3 is 5.97 Å². The highest BCUT2D eigenvalue weighted by Crippen LogP contribution is 2.77. The number of rotatable bonds is 8. The molecule has 1 amide bonds. The van der Waals surface area contributed by atoms with E-state index in [9.17, 15) is 14.7 Å². The molecule has 274 valence electrons. The SMILES string of the molecule is C=C(C)C1CCC2(CNC(=O)CCN3CCNCC3)CCC3(C)C(CCC4C5(C)CC=C(c6ccc(C(=O)O)cc6)C(C)(C)C5CCC43C)C12. The number of carbonyl (C=O) groups excluding carboxylic acids is 1. The number of benzene rings is 1. The Bertz CT molecular complexity index is 1520. The molecule has 6 nitrogen and oxygen atoms in total. The third kappa shape index (κ3) is 5.56. The van der Waals surface area contributed by atoms with Crippen LogP contribution < -0.4 is 10.6 Å². The second-order valence-electron chi connectivity index (χ2n) is 19.1. The molecular weight excluding hydrogens is 619 g/mol. The van der Waals surface area contributed by atoms with E-state index in [0.29, 0.717) is 41.6 Å². The first kappa shape index (κ1) is 35.9. The third-order valence-corrected chi connectivity index (χ3v) is 16.8. The molecule has 5 fully saturated rings. The van der Waals surface area contributed by atoms with Gasteiger partial charge in [-0.25, -0.2) is 4.79 Å². The van der Waals surface area contributed by atoms with E-state index in [1.165, 1.54) is 68.1 Å². The summed E-state index contributed by atoms with van der Waals surface area (Å²) in [4.78, 5) is 27.3. The van der Waals surface area contributed by atoms with Crippen molar-refractivity contribution < 1.29 is 14.7 Å². The minimum absolute atomic E-state index is 0.0120. The number of carbonyl (C=O) groups is 2. The van der Waals surface area contributed by atoms with Crippen LogP contribution in [-0.2, 0) is 4.79 Å². The molecule has 6 heteroatoms. The topological polar surface area (TPSA) is 81.7 Å². The lowest BCUT2D eigenvalue weighted by molar-refractivity contribution is -0.225. The van der Waals surface area contributed by atoms with Crippen molar-refractivity contribution in [2.45, 2.75) is 106 Å². The molecule has 5 aliphatic carbocycles. The first-order valence-corrected chi connectivity index (χ1v) is 20.1.